The molecule has 284 valence electrons. The number of likely N-dealkylation sites (tertiary alicyclic amines) is 3. The van der Waals surface area contributed by atoms with Gasteiger partial charge in [0.15, 0.2) is 0 Å². The first-order valence-corrected chi connectivity index (χ1v) is 18.6. The van der Waals surface area contributed by atoms with Crippen molar-refractivity contribution in [1.29, 1.82) is 0 Å². The predicted octanol–water partition coefficient (Wildman–Crippen LogP) is 7.45. The van der Waals surface area contributed by atoms with E-state index in [1.54, 1.807) is 18.7 Å². The Morgan fingerprint density at radius 1 is 0.679 bits per heavy atom. The second-order valence-electron chi connectivity index (χ2n) is 15.1. The van der Waals surface area contributed by atoms with E-state index in [-0.39, 0.29) is 60.1 Å². The molecule has 3 heterocycles. The molecular formula is C44H57N3O6. The molecule has 3 aliphatic rings. The summed E-state index contributed by atoms with van der Waals surface area (Å²) in [5.41, 5.74) is 5.19. The van der Waals surface area contributed by atoms with Gasteiger partial charge in [-0.25, -0.2) is 0 Å². The Morgan fingerprint density at radius 2 is 1.09 bits per heavy atom. The van der Waals surface area contributed by atoms with Gasteiger partial charge in [-0.2, -0.15) is 0 Å². The molecular weight excluding hydrogens is 666 g/mol. The van der Waals surface area contributed by atoms with Crippen molar-refractivity contribution in [2.45, 2.75) is 91.5 Å². The maximum Gasteiger partial charge on any atom is 0.310 e. The maximum atomic E-state index is 12.1. The zero-order chi connectivity index (χ0) is 38.9. The summed E-state index contributed by atoms with van der Waals surface area (Å²) in [5, 5.41) is 10.0. The molecule has 9 nitrogen and oxygen atoms in total. The van der Waals surface area contributed by atoms with E-state index >= 15 is 0 Å². The minimum absolute atomic E-state index is 0.00615. The SMILES string of the molecule is CC(C)=C1CC(=O)N([C@H](C)c2ccccc2)C1.COC(=O)[C@H]1CC(=O)N([C@H](C)c2ccccc2)C1.C[C@H](c1ccccc1)N1C[C@@H](C(C)(C)O)CC1=O. The molecule has 9 heteroatoms. The third-order valence-electron chi connectivity index (χ3n) is 10.9. The predicted molar refractivity (Wildman–Crippen MR) is 207 cm³/mol. The van der Waals surface area contributed by atoms with E-state index < -0.39 is 5.60 Å². The molecule has 6 rings (SSSR count). The van der Waals surface area contributed by atoms with Gasteiger partial charge in [0.25, 0.3) is 0 Å². The van der Waals surface area contributed by atoms with Gasteiger partial charge in [0.2, 0.25) is 17.7 Å². The topological polar surface area (TPSA) is 107 Å². The number of esters is 1. The van der Waals surface area contributed by atoms with Crippen molar-refractivity contribution in [2.75, 3.05) is 26.7 Å². The number of amides is 3. The van der Waals surface area contributed by atoms with E-state index in [1.807, 2.05) is 103 Å². The summed E-state index contributed by atoms with van der Waals surface area (Å²) in [6, 6.07) is 30.3. The van der Waals surface area contributed by atoms with Crippen LogP contribution in [-0.4, -0.2) is 75.8 Å². The Kier molecular flexibility index (Phi) is 14.2. The van der Waals surface area contributed by atoms with Crippen LogP contribution >= 0.6 is 0 Å². The molecule has 0 aliphatic carbocycles. The van der Waals surface area contributed by atoms with Crippen LogP contribution in [0.4, 0.5) is 0 Å². The summed E-state index contributed by atoms with van der Waals surface area (Å²) in [6.07, 6.45) is 1.30. The fourth-order valence-electron chi connectivity index (χ4n) is 7.07. The van der Waals surface area contributed by atoms with Gasteiger partial charge in [0, 0.05) is 44.8 Å². The number of carbonyl (C=O) groups is 4. The molecule has 1 N–H and O–H groups in total. The molecule has 3 aromatic carbocycles. The monoisotopic (exact) mass is 723 g/mol. The standard InChI is InChI=1S/C15H21NO2.C15H19NO.C14H17NO3/c1-11(12-7-5-4-6-8-12)16-10-13(9-14(16)17)15(2,3)18;1-11(2)14-9-15(17)16(10-14)12(3)13-7-5-4-6-8-13;1-10(11-6-4-3-5-7-11)15-9-12(8-13(15)16)14(17)18-2/h4-8,11,13,18H,9-10H2,1-3H3;4-8,12H,9-10H2,1-3H3;3-7,10,12H,8-9H2,1-2H3/t11-,13+;12-;10-,12+/m111/s1. The van der Waals surface area contributed by atoms with Crippen LogP contribution < -0.4 is 0 Å². The number of carbonyl (C=O) groups excluding carboxylic acids is 4. The number of hydrogen-bond acceptors (Lipinski definition) is 6. The quantitative estimate of drug-likeness (QED) is 0.191. The number of ether oxygens (including phenoxy) is 1. The first-order chi connectivity index (χ1) is 25.1. The fourth-order valence-corrected chi connectivity index (χ4v) is 7.07. The molecule has 0 spiro atoms. The van der Waals surface area contributed by atoms with Gasteiger partial charge >= 0.3 is 5.97 Å². The minimum Gasteiger partial charge on any atom is -0.469 e. The van der Waals surface area contributed by atoms with E-state index in [9.17, 15) is 24.3 Å². The van der Waals surface area contributed by atoms with Crippen LogP contribution in [-0.2, 0) is 23.9 Å². The van der Waals surface area contributed by atoms with Gasteiger partial charge in [0.1, 0.15) is 0 Å². The largest absolute Gasteiger partial charge is 0.469 e. The first-order valence-electron chi connectivity index (χ1n) is 18.6. The highest BCUT2D eigenvalue weighted by Crippen LogP contribution is 2.34. The van der Waals surface area contributed by atoms with Crippen molar-refractivity contribution in [1.82, 2.24) is 14.7 Å². The highest BCUT2D eigenvalue weighted by Gasteiger charge is 2.40. The van der Waals surface area contributed by atoms with Crippen LogP contribution in [0.5, 0.6) is 0 Å². The lowest BCUT2D eigenvalue weighted by Crippen LogP contribution is -2.34. The van der Waals surface area contributed by atoms with Crippen molar-refractivity contribution in [3.8, 4) is 0 Å². The molecule has 0 aromatic heterocycles. The molecule has 3 amide bonds. The van der Waals surface area contributed by atoms with Gasteiger partial charge in [0.05, 0.1) is 36.8 Å². The van der Waals surface area contributed by atoms with E-state index in [2.05, 4.69) is 32.9 Å². The number of rotatable bonds is 8. The smallest absolute Gasteiger partial charge is 0.310 e. The summed E-state index contributed by atoms with van der Waals surface area (Å²) >= 11 is 0. The first kappa shape index (κ1) is 41.0. The number of aliphatic hydroxyl groups is 1. The second-order valence-corrected chi connectivity index (χ2v) is 15.1. The van der Waals surface area contributed by atoms with Crippen molar-refractivity contribution >= 4 is 23.7 Å². The number of benzene rings is 3. The van der Waals surface area contributed by atoms with Crippen LogP contribution in [0.15, 0.2) is 102 Å². The molecule has 0 saturated carbocycles. The number of hydrogen-bond donors (Lipinski definition) is 1. The van der Waals surface area contributed by atoms with Gasteiger partial charge in [-0.05, 0) is 70.7 Å². The Labute approximate surface area is 315 Å². The highest BCUT2D eigenvalue weighted by atomic mass is 16.5. The number of allylic oxidation sites excluding steroid dienone is 1. The molecule has 0 unspecified atom stereocenters. The Balaban J connectivity index is 0.000000178. The lowest BCUT2D eigenvalue weighted by atomic mass is 9.90. The van der Waals surface area contributed by atoms with Crippen molar-refractivity contribution in [3.05, 3.63) is 119 Å². The molecule has 3 aromatic rings. The Hall–Kier alpha value is -4.76. The molecule has 53 heavy (non-hydrogen) atoms. The maximum absolute atomic E-state index is 12.1. The number of methoxy groups -OCH3 is 1. The lowest BCUT2D eigenvalue weighted by molar-refractivity contribution is -0.145. The van der Waals surface area contributed by atoms with E-state index in [0.717, 1.165) is 17.7 Å². The summed E-state index contributed by atoms with van der Waals surface area (Å²) in [7, 11) is 1.36. The molecule has 3 aliphatic heterocycles. The summed E-state index contributed by atoms with van der Waals surface area (Å²) in [4.78, 5) is 53.0. The average molecular weight is 724 g/mol. The molecule has 5 atom stereocenters. The van der Waals surface area contributed by atoms with Gasteiger partial charge in [-0.1, -0.05) is 96.6 Å². The van der Waals surface area contributed by atoms with Crippen molar-refractivity contribution < 1.29 is 29.0 Å². The van der Waals surface area contributed by atoms with Crippen LogP contribution in [0.1, 0.15) is 103 Å². The Bertz CT molecular complexity index is 1720. The second kappa shape index (κ2) is 18.3. The summed E-state index contributed by atoms with van der Waals surface area (Å²) in [5.74, 6) is -0.200. The van der Waals surface area contributed by atoms with Crippen LogP contribution in [0.2, 0.25) is 0 Å². The number of nitrogens with zero attached hydrogens (tertiary/aromatic N) is 3. The van der Waals surface area contributed by atoms with Crippen molar-refractivity contribution in [3.63, 3.8) is 0 Å². The lowest BCUT2D eigenvalue weighted by Gasteiger charge is -2.28. The normalized spacial score (nSPS) is 20.3. The van der Waals surface area contributed by atoms with E-state index in [0.29, 0.717) is 25.9 Å². The highest BCUT2D eigenvalue weighted by molar-refractivity contribution is 5.87. The summed E-state index contributed by atoms with van der Waals surface area (Å²) < 4.78 is 4.70. The minimum atomic E-state index is -0.791. The third kappa shape index (κ3) is 10.7. The van der Waals surface area contributed by atoms with Crippen LogP contribution in [0, 0.1) is 11.8 Å². The molecule has 0 bridgehead atoms. The third-order valence-corrected chi connectivity index (χ3v) is 10.9. The Morgan fingerprint density at radius 3 is 1.47 bits per heavy atom. The molecule has 3 fully saturated rings. The summed E-state index contributed by atoms with van der Waals surface area (Å²) in [6.45, 7) is 15.7. The van der Waals surface area contributed by atoms with Crippen LogP contribution in [0.3, 0.4) is 0 Å². The molecule has 3 saturated heterocycles. The van der Waals surface area contributed by atoms with E-state index in [4.69, 9.17) is 4.74 Å². The van der Waals surface area contributed by atoms with Gasteiger partial charge in [-0.3, -0.25) is 19.2 Å². The fraction of sp³-hybridized carbons (Fsp3) is 0.455. The zero-order valence-corrected chi connectivity index (χ0v) is 32.6. The van der Waals surface area contributed by atoms with Gasteiger partial charge in [-0.15, -0.1) is 0 Å². The van der Waals surface area contributed by atoms with Crippen LogP contribution in [0.25, 0.3) is 0 Å². The van der Waals surface area contributed by atoms with E-state index in [1.165, 1.54) is 23.8 Å². The van der Waals surface area contributed by atoms with Crippen molar-refractivity contribution in [2.24, 2.45) is 11.8 Å². The zero-order valence-electron chi connectivity index (χ0n) is 32.6. The van der Waals surface area contributed by atoms with Gasteiger partial charge < -0.3 is 24.5 Å². The molecule has 0 radical (unpaired) electrons. The average Bonchev–Trinajstić information content (AvgIpc) is 3.88.